The van der Waals surface area contributed by atoms with Gasteiger partial charge in [-0.05, 0) is 42.8 Å². The summed E-state index contributed by atoms with van der Waals surface area (Å²) in [5, 5.41) is 4.77. The highest BCUT2D eigenvalue weighted by atomic mass is 35.5. The second-order valence-electron chi connectivity index (χ2n) is 4.48. The zero-order valence-electron chi connectivity index (χ0n) is 11.7. The first-order valence-electron chi connectivity index (χ1n) is 6.47. The van der Waals surface area contributed by atoms with Crippen LogP contribution in [0.15, 0.2) is 42.5 Å². The molecule has 0 amide bonds. The zero-order chi connectivity index (χ0) is 14.4. The lowest BCUT2D eigenvalue weighted by atomic mass is 10.1. The highest BCUT2D eigenvalue weighted by molar-refractivity contribution is 6.35. The molecule has 0 spiro atoms. The van der Waals surface area contributed by atoms with Crippen molar-refractivity contribution in [1.29, 1.82) is 0 Å². The second kappa shape index (κ2) is 9.16. The molecule has 5 heteroatoms. The van der Waals surface area contributed by atoms with Crippen molar-refractivity contribution in [3.63, 3.8) is 0 Å². The Morgan fingerprint density at radius 1 is 1.00 bits per heavy atom. The van der Waals surface area contributed by atoms with Crippen molar-refractivity contribution in [2.24, 2.45) is 0 Å². The van der Waals surface area contributed by atoms with Crippen LogP contribution < -0.4 is 10.1 Å². The Morgan fingerprint density at radius 3 is 2.19 bits per heavy atom. The van der Waals surface area contributed by atoms with Crippen LogP contribution in [0, 0.1) is 0 Å². The first-order valence-corrected chi connectivity index (χ1v) is 7.23. The smallest absolute Gasteiger partial charge is 0.118 e. The Labute approximate surface area is 141 Å². The third-order valence-electron chi connectivity index (χ3n) is 3.11. The molecular weight excluding hydrogens is 329 g/mol. The number of rotatable bonds is 6. The molecule has 0 radical (unpaired) electrons. The molecule has 0 saturated heterocycles. The fourth-order valence-corrected chi connectivity index (χ4v) is 2.47. The van der Waals surface area contributed by atoms with E-state index in [0.29, 0.717) is 16.6 Å². The maximum absolute atomic E-state index is 6.12. The molecule has 0 aliphatic carbocycles. The lowest BCUT2D eigenvalue weighted by Gasteiger charge is -2.09. The van der Waals surface area contributed by atoms with Gasteiger partial charge in [-0.1, -0.05) is 41.4 Å². The van der Waals surface area contributed by atoms with Gasteiger partial charge in [0, 0.05) is 22.2 Å². The molecule has 0 unspecified atom stereocenters. The molecule has 0 aliphatic heterocycles. The minimum absolute atomic E-state index is 0. The lowest BCUT2D eigenvalue weighted by molar-refractivity contribution is 0.414. The number of methoxy groups -OCH3 is 1. The van der Waals surface area contributed by atoms with E-state index in [1.807, 2.05) is 30.3 Å². The Bertz CT molecular complexity index is 538. The summed E-state index contributed by atoms with van der Waals surface area (Å²) >= 11 is 12.2. The molecular formula is C16H18Cl3NO. The molecule has 0 aromatic heterocycles. The van der Waals surface area contributed by atoms with Crippen LogP contribution in [0.3, 0.4) is 0 Å². The van der Waals surface area contributed by atoms with E-state index in [9.17, 15) is 0 Å². The quantitative estimate of drug-likeness (QED) is 0.762. The largest absolute Gasteiger partial charge is 0.497 e. The molecule has 2 nitrogen and oxygen atoms in total. The van der Waals surface area contributed by atoms with Crippen LogP contribution in [-0.2, 0) is 13.0 Å². The van der Waals surface area contributed by atoms with Crippen molar-refractivity contribution in [3.8, 4) is 5.75 Å². The number of nitrogens with one attached hydrogen (secondary N) is 1. The highest BCUT2D eigenvalue weighted by Crippen LogP contribution is 2.23. The van der Waals surface area contributed by atoms with Crippen LogP contribution in [0.5, 0.6) is 5.75 Å². The summed E-state index contributed by atoms with van der Waals surface area (Å²) in [7, 11) is 1.67. The fourth-order valence-electron chi connectivity index (χ4n) is 1.94. The summed E-state index contributed by atoms with van der Waals surface area (Å²) in [6.45, 7) is 1.54. The van der Waals surface area contributed by atoms with E-state index >= 15 is 0 Å². The molecule has 2 aromatic rings. The van der Waals surface area contributed by atoms with Gasteiger partial charge in [0.15, 0.2) is 0 Å². The standard InChI is InChI=1S/C16H17Cl2NO.ClH/c1-20-13-7-5-12(6-8-13)9-10-19-11-14-15(17)3-2-4-16(14)18;/h2-8,19H,9-11H2,1H3;1H. The number of ether oxygens (including phenoxy) is 1. The summed E-state index contributed by atoms with van der Waals surface area (Å²) in [5.41, 5.74) is 2.22. The minimum Gasteiger partial charge on any atom is -0.497 e. The van der Waals surface area contributed by atoms with Crippen molar-refractivity contribution in [1.82, 2.24) is 5.32 Å². The normalized spacial score (nSPS) is 10.0. The zero-order valence-corrected chi connectivity index (χ0v) is 14.1. The van der Waals surface area contributed by atoms with Crippen molar-refractivity contribution in [2.45, 2.75) is 13.0 Å². The van der Waals surface area contributed by atoms with E-state index in [1.165, 1.54) is 5.56 Å². The Balaban J connectivity index is 0.00000220. The molecule has 0 aliphatic rings. The van der Waals surface area contributed by atoms with Crippen LogP contribution in [0.2, 0.25) is 10.0 Å². The van der Waals surface area contributed by atoms with Gasteiger partial charge in [-0.3, -0.25) is 0 Å². The van der Waals surface area contributed by atoms with Crippen LogP contribution in [0.25, 0.3) is 0 Å². The van der Waals surface area contributed by atoms with Crippen LogP contribution >= 0.6 is 35.6 Å². The van der Waals surface area contributed by atoms with E-state index < -0.39 is 0 Å². The third-order valence-corrected chi connectivity index (χ3v) is 3.82. The van der Waals surface area contributed by atoms with Crippen LogP contribution in [-0.4, -0.2) is 13.7 Å². The second-order valence-corrected chi connectivity index (χ2v) is 5.29. The predicted octanol–water partition coefficient (Wildman–Crippen LogP) is 4.76. The van der Waals surface area contributed by atoms with Gasteiger partial charge in [-0.15, -0.1) is 12.4 Å². The van der Waals surface area contributed by atoms with E-state index in [2.05, 4.69) is 17.4 Å². The summed E-state index contributed by atoms with van der Waals surface area (Å²) in [6, 6.07) is 13.7. The van der Waals surface area contributed by atoms with E-state index in [1.54, 1.807) is 7.11 Å². The van der Waals surface area contributed by atoms with Gasteiger partial charge in [0.05, 0.1) is 7.11 Å². The summed E-state index contributed by atoms with van der Waals surface area (Å²) in [5.74, 6) is 0.879. The molecule has 21 heavy (non-hydrogen) atoms. The van der Waals surface area contributed by atoms with Crippen molar-refractivity contribution in [3.05, 3.63) is 63.6 Å². The Morgan fingerprint density at radius 2 is 1.62 bits per heavy atom. The van der Waals surface area contributed by atoms with Crippen molar-refractivity contribution in [2.75, 3.05) is 13.7 Å². The first kappa shape index (κ1) is 18.1. The fraction of sp³-hybridized carbons (Fsp3) is 0.250. The minimum atomic E-state index is 0. The van der Waals surface area contributed by atoms with Gasteiger partial charge in [-0.2, -0.15) is 0 Å². The van der Waals surface area contributed by atoms with E-state index in [0.717, 1.165) is 24.3 Å². The molecule has 0 bridgehead atoms. The lowest BCUT2D eigenvalue weighted by Crippen LogP contribution is -2.17. The molecule has 1 N–H and O–H groups in total. The Hall–Kier alpha value is -0.930. The molecule has 2 rings (SSSR count). The maximum atomic E-state index is 6.12. The summed E-state index contributed by atoms with van der Waals surface area (Å²) in [6.07, 6.45) is 0.950. The Kier molecular flexibility index (Phi) is 7.91. The SMILES string of the molecule is COc1ccc(CCNCc2c(Cl)cccc2Cl)cc1.Cl. The molecule has 0 atom stereocenters. The summed E-state index contributed by atoms with van der Waals surface area (Å²) < 4.78 is 5.13. The van der Waals surface area contributed by atoms with Gasteiger partial charge >= 0.3 is 0 Å². The molecule has 2 aromatic carbocycles. The van der Waals surface area contributed by atoms with Gasteiger partial charge < -0.3 is 10.1 Å². The molecule has 0 heterocycles. The van der Waals surface area contributed by atoms with Crippen molar-refractivity contribution >= 4 is 35.6 Å². The van der Waals surface area contributed by atoms with E-state index in [4.69, 9.17) is 27.9 Å². The summed E-state index contributed by atoms with van der Waals surface area (Å²) in [4.78, 5) is 0. The van der Waals surface area contributed by atoms with Crippen molar-refractivity contribution < 1.29 is 4.74 Å². The number of hydrogen-bond acceptors (Lipinski definition) is 2. The molecule has 0 fully saturated rings. The average Bonchev–Trinajstić information content (AvgIpc) is 2.46. The average molecular weight is 347 g/mol. The van der Waals surface area contributed by atoms with Gasteiger partial charge in [0.1, 0.15) is 5.75 Å². The topological polar surface area (TPSA) is 21.3 Å². The van der Waals surface area contributed by atoms with Gasteiger partial charge in [-0.25, -0.2) is 0 Å². The van der Waals surface area contributed by atoms with Gasteiger partial charge in [0.25, 0.3) is 0 Å². The number of hydrogen-bond donors (Lipinski definition) is 1. The van der Waals surface area contributed by atoms with Gasteiger partial charge in [0.2, 0.25) is 0 Å². The van der Waals surface area contributed by atoms with E-state index in [-0.39, 0.29) is 12.4 Å². The predicted molar refractivity (Wildman–Crippen MR) is 92.1 cm³/mol. The maximum Gasteiger partial charge on any atom is 0.118 e. The number of benzene rings is 2. The number of halogens is 3. The molecule has 0 saturated carbocycles. The van der Waals surface area contributed by atoms with Crippen LogP contribution in [0.1, 0.15) is 11.1 Å². The monoisotopic (exact) mass is 345 g/mol. The highest BCUT2D eigenvalue weighted by Gasteiger charge is 2.04. The van der Waals surface area contributed by atoms with Crippen LogP contribution in [0.4, 0.5) is 0 Å². The third kappa shape index (κ3) is 5.40. The first-order chi connectivity index (χ1) is 9.70. The molecule has 114 valence electrons.